The lowest BCUT2D eigenvalue weighted by molar-refractivity contribution is -0.140. The number of hydrogen-bond donors (Lipinski definition) is 0. The summed E-state index contributed by atoms with van der Waals surface area (Å²) in [7, 11) is 1.66. The van der Waals surface area contributed by atoms with Gasteiger partial charge in [0.1, 0.15) is 5.78 Å². The number of ketones is 1. The van der Waals surface area contributed by atoms with Crippen molar-refractivity contribution in [2.24, 2.45) is 5.92 Å². The highest BCUT2D eigenvalue weighted by molar-refractivity contribution is 6.30. The van der Waals surface area contributed by atoms with E-state index in [1.807, 2.05) is 12.1 Å². The number of amides is 1. The Hall–Kier alpha value is -1.43. The summed E-state index contributed by atoms with van der Waals surface area (Å²) in [6.45, 7) is 8.20. The van der Waals surface area contributed by atoms with Gasteiger partial charge in [0, 0.05) is 69.7 Å². The van der Waals surface area contributed by atoms with Gasteiger partial charge < -0.3 is 9.64 Å². The lowest BCUT2D eigenvalue weighted by Gasteiger charge is -2.41. The van der Waals surface area contributed by atoms with Gasteiger partial charge in [-0.3, -0.25) is 14.5 Å². The van der Waals surface area contributed by atoms with Gasteiger partial charge in [-0.15, -0.1) is 0 Å². The molecule has 0 spiro atoms. The summed E-state index contributed by atoms with van der Waals surface area (Å²) < 4.78 is 5.05. The van der Waals surface area contributed by atoms with Gasteiger partial charge in [-0.2, -0.15) is 0 Å². The Labute approximate surface area is 192 Å². The molecule has 1 aliphatic carbocycles. The standard InChI is InChI=1S/C25H37ClN2O3/c1-18-16-27(10-11-28(18)25(30)20-7-4-5-8-20)17-22-14-23(26)13-21(19(22)2)15-24(29)9-6-12-31-3/h13-14,18,20H,4-12,15-17H2,1-3H3/t18-/m0/s1. The van der Waals surface area contributed by atoms with Crippen LogP contribution in [0.5, 0.6) is 0 Å². The fraction of sp³-hybridized carbons (Fsp3) is 0.680. The second-order valence-electron chi connectivity index (χ2n) is 9.26. The van der Waals surface area contributed by atoms with Crippen LogP contribution in [0.1, 0.15) is 62.1 Å². The second kappa shape index (κ2) is 11.4. The zero-order valence-corrected chi connectivity index (χ0v) is 20.0. The minimum Gasteiger partial charge on any atom is -0.385 e. The molecule has 1 saturated heterocycles. The summed E-state index contributed by atoms with van der Waals surface area (Å²) in [6.07, 6.45) is 6.20. The summed E-state index contributed by atoms with van der Waals surface area (Å²) in [5.41, 5.74) is 3.35. The SMILES string of the molecule is COCCCC(=O)Cc1cc(Cl)cc(CN2CCN(C(=O)C3CCCC3)[C@@H](C)C2)c1C. The average Bonchev–Trinajstić information content (AvgIpc) is 3.26. The molecule has 2 aliphatic rings. The molecule has 3 rings (SSSR count). The van der Waals surface area contributed by atoms with E-state index in [1.54, 1.807) is 7.11 Å². The van der Waals surface area contributed by atoms with Crippen LogP contribution < -0.4 is 0 Å². The van der Waals surface area contributed by atoms with Crippen LogP contribution >= 0.6 is 11.6 Å². The van der Waals surface area contributed by atoms with Crippen molar-refractivity contribution < 1.29 is 14.3 Å². The first kappa shape index (κ1) is 24.2. The van der Waals surface area contributed by atoms with Gasteiger partial charge in [0.15, 0.2) is 0 Å². The van der Waals surface area contributed by atoms with Crippen molar-refractivity contribution in [1.29, 1.82) is 0 Å². The van der Waals surface area contributed by atoms with Gasteiger partial charge >= 0.3 is 0 Å². The molecule has 0 aromatic heterocycles. The first-order chi connectivity index (χ1) is 14.9. The fourth-order valence-electron chi connectivity index (χ4n) is 5.01. The topological polar surface area (TPSA) is 49.9 Å². The Balaban J connectivity index is 1.60. The number of benzene rings is 1. The summed E-state index contributed by atoms with van der Waals surface area (Å²) in [6, 6.07) is 4.18. The van der Waals surface area contributed by atoms with E-state index in [1.165, 1.54) is 18.4 Å². The molecule has 0 bridgehead atoms. The van der Waals surface area contributed by atoms with Gasteiger partial charge in [-0.25, -0.2) is 0 Å². The number of hydrogen-bond acceptors (Lipinski definition) is 4. The number of nitrogens with zero attached hydrogens (tertiary/aromatic N) is 2. The average molecular weight is 449 g/mol. The van der Waals surface area contributed by atoms with Crippen LogP contribution in [0.15, 0.2) is 12.1 Å². The van der Waals surface area contributed by atoms with Crippen LogP contribution in [-0.4, -0.2) is 60.9 Å². The first-order valence-corrected chi connectivity index (χ1v) is 12.1. The first-order valence-electron chi connectivity index (χ1n) is 11.7. The lowest BCUT2D eigenvalue weighted by Crippen LogP contribution is -2.54. The van der Waals surface area contributed by atoms with Gasteiger partial charge in [-0.05, 0) is 61.9 Å². The fourth-order valence-corrected chi connectivity index (χ4v) is 5.28. The molecule has 1 heterocycles. The molecule has 1 saturated carbocycles. The maximum Gasteiger partial charge on any atom is 0.226 e. The monoisotopic (exact) mass is 448 g/mol. The highest BCUT2D eigenvalue weighted by atomic mass is 35.5. The Morgan fingerprint density at radius 3 is 2.55 bits per heavy atom. The molecule has 172 valence electrons. The number of carbonyl (C=O) groups is 2. The van der Waals surface area contributed by atoms with E-state index < -0.39 is 0 Å². The normalized spacial score (nSPS) is 20.4. The third kappa shape index (κ3) is 6.53. The molecule has 31 heavy (non-hydrogen) atoms. The third-order valence-corrected chi connectivity index (χ3v) is 7.09. The lowest BCUT2D eigenvalue weighted by atomic mass is 9.96. The second-order valence-corrected chi connectivity index (χ2v) is 9.69. The maximum absolute atomic E-state index is 12.9. The number of methoxy groups -OCH3 is 1. The van der Waals surface area contributed by atoms with Crippen molar-refractivity contribution in [2.75, 3.05) is 33.4 Å². The highest BCUT2D eigenvalue weighted by Gasteiger charge is 2.33. The third-order valence-electron chi connectivity index (χ3n) is 6.87. The predicted octanol–water partition coefficient (Wildman–Crippen LogP) is 4.41. The van der Waals surface area contributed by atoms with Crippen molar-refractivity contribution in [3.8, 4) is 0 Å². The van der Waals surface area contributed by atoms with Gasteiger partial charge in [0.05, 0.1) is 0 Å². The van der Waals surface area contributed by atoms with Crippen molar-refractivity contribution in [2.45, 2.75) is 71.4 Å². The number of Topliss-reactive ketones (excluding diaryl/α,β-unsaturated/α-hetero) is 1. The highest BCUT2D eigenvalue weighted by Crippen LogP contribution is 2.29. The molecule has 2 fully saturated rings. The molecule has 0 N–H and O–H groups in total. The summed E-state index contributed by atoms with van der Waals surface area (Å²) in [5.74, 6) is 0.826. The zero-order valence-electron chi connectivity index (χ0n) is 19.3. The van der Waals surface area contributed by atoms with Crippen LogP contribution in [0.3, 0.4) is 0 Å². The molecule has 1 amide bonds. The molecular formula is C25H37ClN2O3. The van der Waals surface area contributed by atoms with Crippen LogP contribution in [-0.2, 0) is 27.3 Å². The Morgan fingerprint density at radius 1 is 1.16 bits per heavy atom. The van der Waals surface area contributed by atoms with E-state index in [0.29, 0.717) is 30.4 Å². The molecular weight excluding hydrogens is 412 g/mol. The Bertz CT molecular complexity index is 776. The van der Waals surface area contributed by atoms with E-state index in [0.717, 1.165) is 56.6 Å². The molecule has 5 nitrogen and oxygen atoms in total. The van der Waals surface area contributed by atoms with Gasteiger partial charge in [-0.1, -0.05) is 24.4 Å². The van der Waals surface area contributed by atoms with Crippen molar-refractivity contribution in [1.82, 2.24) is 9.80 Å². The number of halogens is 1. The molecule has 1 aromatic carbocycles. The smallest absolute Gasteiger partial charge is 0.226 e. The minimum atomic E-state index is 0.223. The van der Waals surface area contributed by atoms with Gasteiger partial charge in [0.2, 0.25) is 5.91 Å². The molecule has 6 heteroatoms. The zero-order chi connectivity index (χ0) is 22.4. The van der Waals surface area contributed by atoms with Crippen molar-refractivity contribution >= 4 is 23.3 Å². The molecule has 1 aromatic rings. The Morgan fingerprint density at radius 2 is 1.87 bits per heavy atom. The molecule has 0 radical (unpaired) electrons. The predicted molar refractivity (Wildman–Crippen MR) is 124 cm³/mol. The number of ether oxygens (including phenoxy) is 1. The number of piperazine rings is 1. The van der Waals surface area contributed by atoms with Crippen molar-refractivity contribution in [3.05, 3.63) is 33.8 Å². The van der Waals surface area contributed by atoms with E-state index in [9.17, 15) is 9.59 Å². The molecule has 0 unspecified atom stereocenters. The summed E-state index contributed by atoms with van der Waals surface area (Å²) >= 11 is 6.41. The van der Waals surface area contributed by atoms with E-state index in [2.05, 4.69) is 23.6 Å². The molecule has 1 aliphatic heterocycles. The van der Waals surface area contributed by atoms with E-state index in [-0.39, 0.29) is 17.7 Å². The maximum atomic E-state index is 12.9. The van der Waals surface area contributed by atoms with E-state index in [4.69, 9.17) is 16.3 Å². The largest absolute Gasteiger partial charge is 0.385 e. The number of carbonyl (C=O) groups excluding carboxylic acids is 2. The number of rotatable bonds is 9. The summed E-state index contributed by atoms with van der Waals surface area (Å²) in [5, 5.41) is 0.684. The quantitative estimate of drug-likeness (QED) is 0.525. The van der Waals surface area contributed by atoms with E-state index >= 15 is 0 Å². The van der Waals surface area contributed by atoms with Crippen LogP contribution in [0, 0.1) is 12.8 Å². The van der Waals surface area contributed by atoms with Crippen molar-refractivity contribution in [3.63, 3.8) is 0 Å². The minimum absolute atomic E-state index is 0.223. The Kier molecular flexibility index (Phi) is 8.94. The van der Waals surface area contributed by atoms with Crippen LogP contribution in [0.4, 0.5) is 0 Å². The van der Waals surface area contributed by atoms with Gasteiger partial charge in [0.25, 0.3) is 0 Å². The van der Waals surface area contributed by atoms with Crippen LogP contribution in [0.2, 0.25) is 5.02 Å². The van der Waals surface area contributed by atoms with Crippen LogP contribution in [0.25, 0.3) is 0 Å². The molecule has 1 atom stereocenters. The summed E-state index contributed by atoms with van der Waals surface area (Å²) in [4.78, 5) is 29.7.